The second kappa shape index (κ2) is 8.83. The molecule has 28 heavy (non-hydrogen) atoms. The molecule has 1 aliphatic heterocycles. The molecular formula is C19H18F4N2O3. The van der Waals surface area contributed by atoms with Gasteiger partial charge in [0.25, 0.3) is 5.91 Å². The molecule has 1 heterocycles. The molecule has 0 unspecified atom stereocenters. The number of rotatable bonds is 3. The number of carbonyl (C=O) groups is 2. The summed E-state index contributed by atoms with van der Waals surface area (Å²) in [4.78, 5) is 23.0. The lowest BCUT2D eigenvalue weighted by atomic mass is 10.1. The molecule has 0 aliphatic carbocycles. The minimum absolute atomic E-state index is 0.0649. The van der Waals surface area contributed by atoms with E-state index in [1.165, 1.54) is 6.07 Å². The number of fused-ring (bicyclic) bond motifs is 1. The third-order valence-electron chi connectivity index (χ3n) is 4.09. The van der Waals surface area contributed by atoms with Gasteiger partial charge in [0.1, 0.15) is 5.82 Å². The summed E-state index contributed by atoms with van der Waals surface area (Å²) < 4.78 is 45.5. The molecule has 2 aromatic rings. The van der Waals surface area contributed by atoms with Gasteiger partial charge in [-0.2, -0.15) is 13.2 Å². The summed E-state index contributed by atoms with van der Waals surface area (Å²) in [7, 11) is 0. The zero-order chi connectivity index (χ0) is 20.9. The highest BCUT2D eigenvalue weighted by Crippen LogP contribution is 2.26. The van der Waals surface area contributed by atoms with Gasteiger partial charge in [-0.1, -0.05) is 24.3 Å². The van der Waals surface area contributed by atoms with Crippen LogP contribution in [0.25, 0.3) is 0 Å². The Morgan fingerprint density at radius 2 is 1.68 bits per heavy atom. The number of alkyl halides is 3. The van der Waals surface area contributed by atoms with Crippen LogP contribution >= 0.6 is 0 Å². The molecule has 0 bridgehead atoms. The second-order valence-electron chi connectivity index (χ2n) is 6.08. The Hall–Kier alpha value is -2.94. The van der Waals surface area contributed by atoms with E-state index in [1.807, 2.05) is 30.3 Å². The molecule has 3 N–H and O–H groups in total. The Kier molecular flexibility index (Phi) is 6.74. The van der Waals surface area contributed by atoms with Gasteiger partial charge in [0.15, 0.2) is 0 Å². The number of halogens is 4. The Balaban J connectivity index is 0.000000345. The number of nitrogens with two attached hydrogens (primary N) is 1. The molecule has 0 spiro atoms. The molecule has 0 saturated carbocycles. The SMILES string of the molecule is NCCc1ccc(C(=O)N2Cc3cccc(F)c3C2)cc1.O=C(O)C(F)(F)F. The van der Waals surface area contributed by atoms with Crippen LogP contribution in [0.15, 0.2) is 42.5 Å². The van der Waals surface area contributed by atoms with Crippen LogP contribution < -0.4 is 5.73 Å². The molecule has 0 aromatic heterocycles. The van der Waals surface area contributed by atoms with Gasteiger partial charge in [0.2, 0.25) is 0 Å². The van der Waals surface area contributed by atoms with E-state index in [9.17, 15) is 22.4 Å². The number of carboxylic acids is 1. The molecular weight excluding hydrogens is 380 g/mol. The largest absolute Gasteiger partial charge is 0.490 e. The van der Waals surface area contributed by atoms with E-state index in [4.69, 9.17) is 15.6 Å². The van der Waals surface area contributed by atoms with Gasteiger partial charge in [-0.05, 0) is 42.3 Å². The molecule has 5 nitrogen and oxygen atoms in total. The van der Waals surface area contributed by atoms with Crippen LogP contribution in [-0.4, -0.2) is 34.6 Å². The number of hydrogen-bond donors (Lipinski definition) is 2. The van der Waals surface area contributed by atoms with Crippen molar-refractivity contribution in [3.05, 3.63) is 70.5 Å². The van der Waals surface area contributed by atoms with E-state index in [2.05, 4.69) is 0 Å². The highest BCUT2D eigenvalue weighted by atomic mass is 19.4. The fourth-order valence-electron chi connectivity index (χ4n) is 2.69. The first-order valence-corrected chi connectivity index (χ1v) is 8.28. The Morgan fingerprint density at radius 1 is 1.07 bits per heavy atom. The second-order valence-corrected chi connectivity index (χ2v) is 6.08. The first-order valence-electron chi connectivity index (χ1n) is 8.28. The van der Waals surface area contributed by atoms with Crippen molar-refractivity contribution < 1.29 is 32.3 Å². The Bertz CT molecular complexity index is 851. The van der Waals surface area contributed by atoms with Gasteiger partial charge >= 0.3 is 12.1 Å². The van der Waals surface area contributed by atoms with Crippen LogP contribution in [0, 0.1) is 5.82 Å². The first-order chi connectivity index (χ1) is 13.1. The maximum absolute atomic E-state index is 13.7. The fraction of sp³-hybridized carbons (Fsp3) is 0.263. The predicted octanol–water partition coefficient (Wildman–Crippen LogP) is 3.12. The van der Waals surface area contributed by atoms with Gasteiger partial charge in [0.05, 0.1) is 0 Å². The summed E-state index contributed by atoms with van der Waals surface area (Å²) in [6.45, 7) is 1.40. The lowest BCUT2D eigenvalue weighted by molar-refractivity contribution is -0.192. The smallest absolute Gasteiger partial charge is 0.475 e. The van der Waals surface area contributed by atoms with Gasteiger partial charge in [0, 0.05) is 24.2 Å². The van der Waals surface area contributed by atoms with Crippen molar-refractivity contribution in [1.29, 1.82) is 0 Å². The molecule has 0 atom stereocenters. The standard InChI is InChI=1S/C17H17FN2O.C2HF3O2/c18-16-3-1-2-14-10-20(11-15(14)16)17(21)13-6-4-12(5-7-13)8-9-19;3-2(4,5)1(6)7/h1-7H,8-11,19H2;(H,6,7). The van der Waals surface area contributed by atoms with Gasteiger partial charge < -0.3 is 15.7 Å². The molecule has 9 heteroatoms. The average molecular weight is 398 g/mol. The number of nitrogens with zero attached hydrogens (tertiary/aromatic N) is 1. The zero-order valence-electron chi connectivity index (χ0n) is 14.7. The average Bonchev–Trinajstić information content (AvgIpc) is 3.07. The quantitative estimate of drug-likeness (QED) is 0.779. The summed E-state index contributed by atoms with van der Waals surface area (Å²) in [5.74, 6) is -3.06. The summed E-state index contributed by atoms with van der Waals surface area (Å²) in [6, 6.07) is 12.5. The van der Waals surface area contributed by atoms with E-state index in [-0.39, 0.29) is 11.7 Å². The number of aliphatic carboxylic acids is 1. The Labute approximate surface area is 158 Å². The van der Waals surface area contributed by atoms with E-state index in [0.29, 0.717) is 30.8 Å². The van der Waals surface area contributed by atoms with Crippen molar-refractivity contribution in [2.24, 2.45) is 5.73 Å². The summed E-state index contributed by atoms with van der Waals surface area (Å²) in [5.41, 5.74) is 8.78. The molecule has 1 aliphatic rings. The van der Waals surface area contributed by atoms with Gasteiger partial charge in [-0.3, -0.25) is 4.79 Å². The van der Waals surface area contributed by atoms with Crippen LogP contribution in [0.5, 0.6) is 0 Å². The maximum Gasteiger partial charge on any atom is 0.490 e. The van der Waals surface area contributed by atoms with Crippen molar-refractivity contribution in [3.8, 4) is 0 Å². The molecule has 1 amide bonds. The minimum atomic E-state index is -5.08. The van der Waals surface area contributed by atoms with Gasteiger partial charge in [-0.25, -0.2) is 9.18 Å². The summed E-state index contributed by atoms with van der Waals surface area (Å²) >= 11 is 0. The summed E-state index contributed by atoms with van der Waals surface area (Å²) in [6.07, 6.45) is -4.28. The van der Waals surface area contributed by atoms with E-state index >= 15 is 0 Å². The van der Waals surface area contributed by atoms with Crippen molar-refractivity contribution in [2.45, 2.75) is 25.7 Å². The van der Waals surface area contributed by atoms with Crippen LogP contribution in [-0.2, 0) is 24.3 Å². The predicted molar refractivity (Wildman–Crippen MR) is 92.9 cm³/mol. The lowest BCUT2D eigenvalue weighted by Crippen LogP contribution is -2.25. The van der Waals surface area contributed by atoms with Crippen molar-refractivity contribution in [3.63, 3.8) is 0 Å². The number of benzene rings is 2. The topological polar surface area (TPSA) is 83.6 Å². The number of amides is 1. The molecule has 0 saturated heterocycles. The normalized spacial score (nSPS) is 12.8. The fourth-order valence-corrected chi connectivity index (χ4v) is 2.69. The zero-order valence-corrected chi connectivity index (χ0v) is 14.7. The molecule has 0 fully saturated rings. The number of carboxylic acid groups (broad SMARTS) is 1. The lowest BCUT2D eigenvalue weighted by Gasteiger charge is -2.15. The highest BCUT2D eigenvalue weighted by Gasteiger charge is 2.38. The summed E-state index contributed by atoms with van der Waals surface area (Å²) in [5, 5.41) is 7.12. The molecule has 2 aromatic carbocycles. The minimum Gasteiger partial charge on any atom is -0.475 e. The van der Waals surface area contributed by atoms with E-state index < -0.39 is 12.1 Å². The van der Waals surface area contributed by atoms with E-state index in [0.717, 1.165) is 17.5 Å². The number of hydrogen-bond acceptors (Lipinski definition) is 3. The van der Waals surface area contributed by atoms with Gasteiger partial charge in [-0.15, -0.1) is 0 Å². The first kappa shape index (κ1) is 21.4. The highest BCUT2D eigenvalue weighted by molar-refractivity contribution is 5.94. The van der Waals surface area contributed by atoms with Crippen LogP contribution in [0.2, 0.25) is 0 Å². The Morgan fingerprint density at radius 3 is 2.18 bits per heavy atom. The van der Waals surface area contributed by atoms with Crippen LogP contribution in [0.1, 0.15) is 27.0 Å². The molecule has 0 radical (unpaired) electrons. The van der Waals surface area contributed by atoms with E-state index in [1.54, 1.807) is 11.0 Å². The third kappa shape index (κ3) is 5.29. The van der Waals surface area contributed by atoms with Crippen LogP contribution in [0.3, 0.4) is 0 Å². The van der Waals surface area contributed by atoms with Crippen LogP contribution in [0.4, 0.5) is 17.6 Å². The molecule has 150 valence electrons. The third-order valence-corrected chi connectivity index (χ3v) is 4.09. The molecule has 3 rings (SSSR count). The number of carbonyl (C=O) groups excluding carboxylic acids is 1. The monoisotopic (exact) mass is 398 g/mol. The van der Waals surface area contributed by atoms with Crippen molar-refractivity contribution >= 4 is 11.9 Å². The van der Waals surface area contributed by atoms with Crippen molar-refractivity contribution in [2.75, 3.05) is 6.54 Å². The van der Waals surface area contributed by atoms with Crippen molar-refractivity contribution in [1.82, 2.24) is 4.90 Å². The maximum atomic E-state index is 13.7.